The maximum Gasteiger partial charge on any atom is 0.325 e. The number of halogens is 1. The molecule has 0 bridgehead atoms. The van der Waals surface area contributed by atoms with E-state index < -0.39 is 6.03 Å². The summed E-state index contributed by atoms with van der Waals surface area (Å²) in [4.78, 5) is 32.9. The van der Waals surface area contributed by atoms with Crippen LogP contribution in [0.15, 0.2) is 35.8 Å². The average Bonchev–Trinajstić information content (AvgIpc) is 3.19. The van der Waals surface area contributed by atoms with Gasteiger partial charge in [0.15, 0.2) is 10.3 Å². The number of carbonyl (C=O) groups is 2. The van der Waals surface area contributed by atoms with Crippen LogP contribution in [0.2, 0.25) is 5.02 Å². The van der Waals surface area contributed by atoms with E-state index in [0.29, 0.717) is 31.5 Å². The highest BCUT2D eigenvalue weighted by Gasteiger charge is 2.17. The number of nitrogens with one attached hydrogen (secondary N) is 3. The standard InChI is InChI=1S/C15H12ClN5O2S2/c1-8-11(12(22)20-14-17-6-7-24-14)25-15(18-8)21-13(23)19-10-4-2-9(16)3-5-10/h2-7H,1H3,(H,17,20,22)(H2,18,19,21,23). The average molecular weight is 394 g/mol. The van der Waals surface area contributed by atoms with E-state index in [9.17, 15) is 9.59 Å². The number of aromatic nitrogens is 2. The molecule has 0 atom stereocenters. The zero-order valence-electron chi connectivity index (χ0n) is 12.9. The Kier molecular flexibility index (Phi) is 5.27. The van der Waals surface area contributed by atoms with Crippen molar-refractivity contribution >= 4 is 62.2 Å². The van der Waals surface area contributed by atoms with Crippen molar-refractivity contribution in [1.29, 1.82) is 0 Å². The van der Waals surface area contributed by atoms with Crippen molar-refractivity contribution in [2.75, 3.05) is 16.0 Å². The van der Waals surface area contributed by atoms with E-state index >= 15 is 0 Å². The quantitative estimate of drug-likeness (QED) is 0.609. The van der Waals surface area contributed by atoms with E-state index in [0.717, 1.165) is 11.3 Å². The fraction of sp³-hybridized carbons (Fsp3) is 0.0667. The molecule has 0 saturated heterocycles. The molecular formula is C15H12ClN5O2S2. The van der Waals surface area contributed by atoms with Crippen molar-refractivity contribution < 1.29 is 9.59 Å². The Bertz CT molecular complexity index is 893. The van der Waals surface area contributed by atoms with Crippen molar-refractivity contribution in [3.63, 3.8) is 0 Å². The predicted octanol–water partition coefficient (Wildman–Crippen LogP) is 4.46. The molecule has 0 spiro atoms. The van der Waals surface area contributed by atoms with Gasteiger partial charge in [0.25, 0.3) is 5.91 Å². The van der Waals surface area contributed by atoms with Crippen LogP contribution in [0.25, 0.3) is 0 Å². The first kappa shape index (κ1) is 17.3. The van der Waals surface area contributed by atoms with Crippen molar-refractivity contribution in [3.8, 4) is 0 Å². The largest absolute Gasteiger partial charge is 0.325 e. The molecule has 0 aliphatic heterocycles. The maximum atomic E-state index is 12.2. The smallest absolute Gasteiger partial charge is 0.308 e. The summed E-state index contributed by atoms with van der Waals surface area (Å²) >= 11 is 8.22. The summed E-state index contributed by atoms with van der Waals surface area (Å²) in [6.45, 7) is 1.70. The van der Waals surface area contributed by atoms with Crippen LogP contribution in [0, 0.1) is 6.92 Å². The molecule has 25 heavy (non-hydrogen) atoms. The van der Waals surface area contributed by atoms with E-state index in [-0.39, 0.29) is 5.91 Å². The second-order valence-corrected chi connectivity index (χ2v) is 7.14. The van der Waals surface area contributed by atoms with Gasteiger partial charge in [-0.3, -0.25) is 15.4 Å². The Morgan fingerprint density at radius 2 is 1.84 bits per heavy atom. The molecule has 3 aromatic rings. The van der Waals surface area contributed by atoms with E-state index in [1.807, 2.05) is 0 Å². The van der Waals surface area contributed by atoms with Gasteiger partial charge in [0, 0.05) is 22.3 Å². The Morgan fingerprint density at radius 1 is 1.08 bits per heavy atom. The van der Waals surface area contributed by atoms with Crippen molar-refractivity contribution in [2.24, 2.45) is 0 Å². The first-order valence-corrected chi connectivity index (χ1v) is 9.10. The van der Waals surface area contributed by atoms with Crippen LogP contribution in [0.4, 0.5) is 20.7 Å². The van der Waals surface area contributed by atoms with E-state index in [2.05, 4.69) is 25.9 Å². The molecule has 0 aliphatic carbocycles. The number of benzene rings is 1. The summed E-state index contributed by atoms with van der Waals surface area (Å²) in [5.41, 5.74) is 1.12. The molecule has 0 radical (unpaired) electrons. The molecule has 128 valence electrons. The lowest BCUT2D eigenvalue weighted by atomic mass is 10.3. The van der Waals surface area contributed by atoms with Gasteiger partial charge in [-0.2, -0.15) is 0 Å². The number of thiazole rings is 2. The lowest BCUT2D eigenvalue weighted by Crippen LogP contribution is -2.19. The molecule has 3 N–H and O–H groups in total. The highest BCUT2D eigenvalue weighted by Crippen LogP contribution is 2.24. The van der Waals surface area contributed by atoms with Crippen molar-refractivity contribution in [2.45, 2.75) is 6.92 Å². The molecule has 10 heteroatoms. The number of hydrogen-bond acceptors (Lipinski definition) is 6. The third-order valence-corrected chi connectivity index (χ3v) is 4.99. The monoisotopic (exact) mass is 393 g/mol. The Labute approximate surface area is 156 Å². The van der Waals surface area contributed by atoms with Gasteiger partial charge in [-0.15, -0.1) is 11.3 Å². The molecule has 3 amide bonds. The zero-order valence-corrected chi connectivity index (χ0v) is 15.3. The van der Waals surface area contributed by atoms with Crippen LogP contribution >= 0.6 is 34.3 Å². The lowest BCUT2D eigenvalue weighted by Gasteiger charge is -2.05. The molecule has 0 fully saturated rings. The first-order chi connectivity index (χ1) is 12.0. The highest BCUT2D eigenvalue weighted by atomic mass is 35.5. The van der Waals surface area contributed by atoms with E-state index in [1.54, 1.807) is 42.8 Å². The van der Waals surface area contributed by atoms with Gasteiger partial charge in [-0.1, -0.05) is 22.9 Å². The number of carbonyl (C=O) groups excluding carboxylic acids is 2. The molecule has 0 unspecified atom stereocenters. The van der Waals surface area contributed by atoms with E-state index in [1.165, 1.54) is 11.3 Å². The molecule has 1 aromatic carbocycles. The lowest BCUT2D eigenvalue weighted by molar-refractivity contribution is 0.102. The summed E-state index contributed by atoms with van der Waals surface area (Å²) in [5.74, 6) is -0.309. The molecule has 0 aliphatic rings. The number of amides is 3. The number of rotatable bonds is 4. The molecule has 2 heterocycles. The van der Waals surface area contributed by atoms with Crippen molar-refractivity contribution in [1.82, 2.24) is 9.97 Å². The summed E-state index contributed by atoms with van der Waals surface area (Å²) in [5, 5.41) is 11.1. The molecule has 7 nitrogen and oxygen atoms in total. The second-order valence-electron chi connectivity index (χ2n) is 4.81. The van der Waals surface area contributed by atoms with E-state index in [4.69, 9.17) is 11.6 Å². The van der Waals surface area contributed by atoms with Gasteiger partial charge >= 0.3 is 6.03 Å². The van der Waals surface area contributed by atoms with Crippen LogP contribution < -0.4 is 16.0 Å². The van der Waals surface area contributed by atoms with Gasteiger partial charge in [0.1, 0.15) is 4.88 Å². The van der Waals surface area contributed by atoms with Crippen LogP contribution in [0.1, 0.15) is 15.4 Å². The fourth-order valence-corrected chi connectivity index (χ4v) is 3.40. The maximum absolute atomic E-state index is 12.2. The Balaban J connectivity index is 1.64. The van der Waals surface area contributed by atoms with Gasteiger partial charge < -0.3 is 5.32 Å². The summed E-state index contributed by atoms with van der Waals surface area (Å²) in [6, 6.07) is 6.25. The molecular weight excluding hydrogens is 382 g/mol. The van der Waals surface area contributed by atoms with Crippen LogP contribution in [0.5, 0.6) is 0 Å². The van der Waals surface area contributed by atoms with Gasteiger partial charge in [0.05, 0.1) is 5.69 Å². The minimum absolute atomic E-state index is 0.309. The van der Waals surface area contributed by atoms with Crippen LogP contribution in [-0.2, 0) is 0 Å². The molecule has 3 rings (SSSR count). The Morgan fingerprint density at radius 3 is 2.52 bits per heavy atom. The highest BCUT2D eigenvalue weighted by molar-refractivity contribution is 7.18. The predicted molar refractivity (Wildman–Crippen MR) is 101 cm³/mol. The third-order valence-electron chi connectivity index (χ3n) is 2.98. The Hall–Kier alpha value is -2.49. The number of nitrogens with zero attached hydrogens (tertiary/aromatic N) is 2. The molecule has 2 aromatic heterocycles. The van der Waals surface area contributed by atoms with Gasteiger partial charge in [0.2, 0.25) is 0 Å². The van der Waals surface area contributed by atoms with Crippen LogP contribution in [0.3, 0.4) is 0 Å². The summed E-state index contributed by atoms with van der Waals surface area (Å²) < 4.78 is 0. The molecule has 0 saturated carbocycles. The third kappa shape index (κ3) is 4.53. The number of urea groups is 1. The number of anilines is 3. The number of aryl methyl sites for hydroxylation is 1. The zero-order chi connectivity index (χ0) is 17.8. The SMILES string of the molecule is Cc1nc(NC(=O)Nc2ccc(Cl)cc2)sc1C(=O)Nc1nccs1. The minimum Gasteiger partial charge on any atom is -0.308 e. The topological polar surface area (TPSA) is 96.0 Å². The summed E-state index contributed by atoms with van der Waals surface area (Å²) in [7, 11) is 0. The fourth-order valence-electron chi connectivity index (χ4n) is 1.89. The van der Waals surface area contributed by atoms with Crippen molar-refractivity contribution in [3.05, 3.63) is 51.4 Å². The van der Waals surface area contributed by atoms with Crippen LogP contribution in [-0.4, -0.2) is 21.9 Å². The second kappa shape index (κ2) is 7.60. The normalized spacial score (nSPS) is 10.3. The number of hydrogen-bond donors (Lipinski definition) is 3. The first-order valence-electron chi connectivity index (χ1n) is 7.03. The van der Waals surface area contributed by atoms with Gasteiger partial charge in [-0.05, 0) is 31.2 Å². The minimum atomic E-state index is -0.456. The summed E-state index contributed by atoms with van der Waals surface area (Å²) in [6.07, 6.45) is 1.61. The van der Waals surface area contributed by atoms with Gasteiger partial charge in [-0.25, -0.2) is 14.8 Å².